The minimum atomic E-state index is 0.687. The average molecular weight is 296 g/mol. The number of aryl methyl sites for hydroxylation is 1. The van der Waals surface area contributed by atoms with Crippen LogP contribution < -0.4 is 5.32 Å². The van der Waals surface area contributed by atoms with E-state index in [9.17, 15) is 0 Å². The third-order valence-electron chi connectivity index (χ3n) is 3.93. The van der Waals surface area contributed by atoms with E-state index in [-0.39, 0.29) is 0 Å². The molecule has 2 heteroatoms. The van der Waals surface area contributed by atoms with Gasteiger partial charge in [-0.1, -0.05) is 36.2 Å². The van der Waals surface area contributed by atoms with E-state index >= 15 is 0 Å². The van der Waals surface area contributed by atoms with E-state index in [1.807, 2.05) is 0 Å². The average Bonchev–Trinajstić information content (AvgIpc) is 2.79. The summed E-state index contributed by atoms with van der Waals surface area (Å²) >= 11 is 3.54. The number of halogens is 1. The van der Waals surface area contributed by atoms with Crippen LogP contribution in [-0.2, 0) is 6.42 Å². The first kappa shape index (κ1) is 12.9. The van der Waals surface area contributed by atoms with Gasteiger partial charge in [-0.15, -0.1) is 0 Å². The molecule has 1 aliphatic rings. The molecule has 17 heavy (non-hydrogen) atoms. The van der Waals surface area contributed by atoms with Gasteiger partial charge in [0, 0.05) is 16.2 Å². The number of benzene rings is 1. The zero-order chi connectivity index (χ0) is 12.3. The molecule has 2 unspecified atom stereocenters. The van der Waals surface area contributed by atoms with Crippen LogP contribution in [0.15, 0.2) is 22.7 Å². The van der Waals surface area contributed by atoms with Crippen molar-refractivity contribution in [1.82, 2.24) is 0 Å². The Labute approximate surface area is 113 Å². The van der Waals surface area contributed by atoms with Crippen LogP contribution in [0.4, 0.5) is 5.69 Å². The Bertz CT molecular complexity index is 375. The van der Waals surface area contributed by atoms with Crippen LogP contribution in [-0.4, -0.2) is 6.04 Å². The monoisotopic (exact) mass is 295 g/mol. The van der Waals surface area contributed by atoms with Crippen molar-refractivity contribution in [3.8, 4) is 0 Å². The Balaban J connectivity index is 2.03. The highest BCUT2D eigenvalue weighted by Crippen LogP contribution is 2.31. The van der Waals surface area contributed by atoms with Gasteiger partial charge in [-0.25, -0.2) is 0 Å². The molecule has 94 valence electrons. The molecule has 0 aromatic heterocycles. The maximum Gasteiger partial charge on any atom is 0.0375 e. The molecule has 0 heterocycles. The predicted octanol–water partition coefficient (Wildman–Crippen LogP) is 5.00. The van der Waals surface area contributed by atoms with Crippen LogP contribution in [0.5, 0.6) is 0 Å². The lowest BCUT2D eigenvalue weighted by Crippen LogP contribution is -2.16. The van der Waals surface area contributed by atoms with E-state index in [4.69, 9.17) is 0 Å². The molecule has 1 aromatic carbocycles. The molecule has 1 saturated carbocycles. The molecule has 1 aliphatic carbocycles. The SMILES string of the molecule is CCc1cc(Br)ccc1NC1CCC(CC)C1. The van der Waals surface area contributed by atoms with Crippen LogP contribution in [0.1, 0.15) is 45.1 Å². The van der Waals surface area contributed by atoms with Crippen molar-refractivity contribution in [1.29, 1.82) is 0 Å². The topological polar surface area (TPSA) is 12.0 Å². The molecule has 2 rings (SSSR count). The predicted molar refractivity (Wildman–Crippen MR) is 78.6 cm³/mol. The first-order valence-corrected chi connectivity index (χ1v) is 7.57. The van der Waals surface area contributed by atoms with Crippen molar-refractivity contribution >= 4 is 21.6 Å². The molecular weight excluding hydrogens is 274 g/mol. The number of anilines is 1. The highest BCUT2D eigenvalue weighted by atomic mass is 79.9. The quantitative estimate of drug-likeness (QED) is 0.824. The Hall–Kier alpha value is -0.500. The molecule has 1 nitrogen and oxygen atoms in total. The van der Waals surface area contributed by atoms with Crippen molar-refractivity contribution in [3.63, 3.8) is 0 Å². The van der Waals surface area contributed by atoms with Crippen molar-refractivity contribution in [2.75, 3.05) is 5.32 Å². The summed E-state index contributed by atoms with van der Waals surface area (Å²) in [5.74, 6) is 0.938. The molecule has 1 fully saturated rings. The van der Waals surface area contributed by atoms with Gasteiger partial charge in [0.2, 0.25) is 0 Å². The van der Waals surface area contributed by atoms with Crippen LogP contribution in [0, 0.1) is 5.92 Å². The zero-order valence-corrected chi connectivity index (χ0v) is 12.4. The smallest absolute Gasteiger partial charge is 0.0375 e. The van der Waals surface area contributed by atoms with Gasteiger partial charge in [-0.3, -0.25) is 0 Å². The van der Waals surface area contributed by atoms with Crippen LogP contribution in [0.25, 0.3) is 0 Å². The zero-order valence-electron chi connectivity index (χ0n) is 10.8. The third kappa shape index (κ3) is 3.25. The summed E-state index contributed by atoms with van der Waals surface area (Å²) in [6, 6.07) is 7.26. The van der Waals surface area contributed by atoms with E-state index in [0.29, 0.717) is 6.04 Å². The second-order valence-electron chi connectivity index (χ2n) is 5.08. The Morgan fingerprint density at radius 3 is 2.76 bits per heavy atom. The number of hydrogen-bond donors (Lipinski definition) is 1. The first-order chi connectivity index (χ1) is 8.22. The lowest BCUT2D eigenvalue weighted by Gasteiger charge is -2.17. The van der Waals surface area contributed by atoms with Gasteiger partial charge in [0.1, 0.15) is 0 Å². The summed E-state index contributed by atoms with van der Waals surface area (Å²) in [6.45, 7) is 4.53. The molecule has 0 spiro atoms. The highest BCUT2D eigenvalue weighted by Gasteiger charge is 2.23. The van der Waals surface area contributed by atoms with E-state index < -0.39 is 0 Å². The maximum absolute atomic E-state index is 3.73. The van der Waals surface area contributed by atoms with Crippen molar-refractivity contribution < 1.29 is 0 Å². The molecule has 1 aromatic rings. The summed E-state index contributed by atoms with van der Waals surface area (Å²) in [5.41, 5.74) is 2.75. The number of nitrogens with one attached hydrogen (secondary N) is 1. The van der Waals surface area contributed by atoms with E-state index in [2.05, 4.69) is 53.3 Å². The molecule has 0 saturated heterocycles. The molecule has 2 atom stereocenters. The second-order valence-corrected chi connectivity index (χ2v) is 6.00. The third-order valence-corrected chi connectivity index (χ3v) is 4.42. The molecule has 0 radical (unpaired) electrons. The van der Waals surface area contributed by atoms with Crippen LogP contribution >= 0.6 is 15.9 Å². The summed E-state index contributed by atoms with van der Waals surface area (Å²) in [4.78, 5) is 0. The fourth-order valence-electron chi connectivity index (χ4n) is 2.79. The van der Waals surface area contributed by atoms with E-state index in [0.717, 1.165) is 12.3 Å². The maximum atomic E-state index is 3.73. The van der Waals surface area contributed by atoms with E-state index in [1.54, 1.807) is 0 Å². The van der Waals surface area contributed by atoms with Crippen molar-refractivity contribution in [2.24, 2.45) is 5.92 Å². The molecule has 1 N–H and O–H groups in total. The largest absolute Gasteiger partial charge is 0.382 e. The van der Waals surface area contributed by atoms with Gasteiger partial charge in [0.25, 0.3) is 0 Å². The van der Waals surface area contributed by atoms with Crippen LogP contribution in [0.3, 0.4) is 0 Å². The minimum absolute atomic E-state index is 0.687. The highest BCUT2D eigenvalue weighted by molar-refractivity contribution is 9.10. The van der Waals surface area contributed by atoms with Gasteiger partial charge in [0.05, 0.1) is 0 Å². The van der Waals surface area contributed by atoms with Crippen molar-refractivity contribution in [2.45, 2.75) is 52.0 Å². The normalized spacial score (nSPS) is 23.9. The van der Waals surface area contributed by atoms with Gasteiger partial charge < -0.3 is 5.32 Å². The molecular formula is C15H22BrN. The van der Waals surface area contributed by atoms with Crippen molar-refractivity contribution in [3.05, 3.63) is 28.2 Å². The number of hydrogen-bond acceptors (Lipinski definition) is 1. The number of rotatable bonds is 4. The fourth-order valence-corrected chi connectivity index (χ4v) is 3.20. The van der Waals surface area contributed by atoms with Crippen LogP contribution in [0.2, 0.25) is 0 Å². The van der Waals surface area contributed by atoms with Gasteiger partial charge in [0.15, 0.2) is 0 Å². The Kier molecular flexibility index (Phi) is 4.49. The summed E-state index contributed by atoms with van der Waals surface area (Å²) in [6.07, 6.45) is 6.49. The minimum Gasteiger partial charge on any atom is -0.382 e. The summed E-state index contributed by atoms with van der Waals surface area (Å²) in [5, 5.41) is 3.73. The van der Waals surface area contributed by atoms with E-state index in [1.165, 1.54) is 41.4 Å². The molecule has 0 aliphatic heterocycles. The molecule has 0 amide bonds. The summed E-state index contributed by atoms with van der Waals surface area (Å²) in [7, 11) is 0. The summed E-state index contributed by atoms with van der Waals surface area (Å²) < 4.78 is 1.18. The lowest BCUT2D eigenvalue weighted by atomic mass is 10.1. The second kappa shape index (κ2) is 5.90. The van der Waals surface area contributed by atoms with Gasteiger partial charge in [-0.05, 0) is 55.4 Å². The fraction of sp³-hybridized carbons (Fsp3) is 0.600. The van der Waals surface area contributed by atoms with Gasteiger partial charge in [-0.2, -0.15) is 0 Å². The van der Waals surface area contributed by atoms with Gasteiger partial charge >= 0.3 is 0 Å². The lowest BCUT2D eigenvalue weighted by molar-refractivity contribution is 0.525. The first-order valence-electron chi connectivity index (χ1n) is 6.77. The Morgan fingerprint density at radius 2 is 2.12 bits per heavy atom. The molecule has 0 bridgehead atoms. The standard InChI is InChI=1S/C15H22BrN/c1-3-11-5-7-14(9-11)17-15-8-6-13(16)10-12(15)4-2/h6,8,10-11,14,17H,3-5,7,9H2,1-2H3. The Morgan fingerprint density at radius 1 is 1.29 bits per heavy atom.